The van der Waals surface area contributed by atoms with E-state index in [-0.39, 0.29) is 0 Å². The van der Waals surface area contributed by atoms with Crippen LogP contribution in [-0.2, 0) is 4.79 Å². The third-order valence-electron chi connectivity index (χ3n) is 4.14. The van der Waals surface area contributed by atoms with E-state index in [0.717, 1.165) is 51.7 Å². The van der Waals surface area contributed by atoms with Gasteiger partial charge in [-0.2, -0.15) is 0 Å². The molecule has 2 N–H and O–H groups in total. The van der Waals surface area contributed by atoms with Crippen molar-refractivity contribution >= 4 is 5.97 Å². The maximum absolute atomic E-state index is 11.6. The molecule has 0 heterocycles. The van der Waals surface area contributed by atoms with E-state index < -0.39 is 11.5 Å². The number of aliphatic carboxylic acids is 1. The summed E-state index contributed by atoms with van der Waals surface area (Å²) in [6, 6.07) is 0.439. The molecule has 0 saturated heterocycles. The first kappa shape index (κ1) is 16.4. The molecule has 112 valence electrons. The Bertz CT molecular complexity index is 279. The van der Waals surface area contributed by atoms with Crippen LogP contribution in [0.25, 0.3) is 0 Å². The van der Waals surface area contributed by atoms with Gasteiger partial charge in [-0.05, 0) is 58.2 Å². The molecule has 1 saturated carbocycles. The lowest BCUT2D eigenvalue weighted by molar-refractivity contribution is -0.145. The number of nitrogens with one attached hydrogen (secondary N) is 1. The van der Waals surface area contributed by atoms with Gasteiger partial charge in [-0.3, -0.25) is 10.1 Å². The maximum atomic E-state index is 11.6. The van der Waals surface area contributed by atoms with E-state index in [4.69, 9.17) is 0 Å². The molecule has 0 aromatic carbocycles. The molecular weight excluding hydrogens is 240 g/mol. The summed E-state index contributed by atoms with van der Waals surface area (Å²) >= 11 is 0. The van der Waals surface area contributed by atoms with Crippen molar-refractivity contribution in [3.05, 3.63) is 0 Å². The number of carboxylic acid groups (broad SMARTS) is 1. The van der Waals surface area contributed by atoms with Gasteiger partial charge in [0, 0.05) is 6.04 Å². The zero-order valence-corrected chi connectivity index (χ0v) is 12.7. The minimum absolute atomic E-state index is 0.439. The summed E-state index contributed by atoms with van der Waals surface area (Å²) in [5.41, 5.74) is -0.702. The minimum atomic E-state index is -0.702. The second-order valence-electron chi connectivity index (χ2n) is 5.70. The molecule has 1 aliphatic carbocycles. The lowest BCUT2D eigenvalue weighted by atomic mass is 9.90. The van der Waals surface area contributed by atoms with Gasteiger partial charge in [-0.1, -0.05) is 20.8 Å². The first-order valence-corrected chi connectivity index (χ1v) is 7.81. The highest BCUT2D eigenvalue weighted by Crippen LogP contribution is 2.27. The summed E-state index contributed by atoms with van der Waals surface area (Å²) in [4.78, 5) is 14.0. The summed E-state index contributed by atoms with van der Waals surface area (Å²) in [6.45, 7) is 9.50. The van der Waals surface area contributed by atoms with E-state index >= 15 is 0 Å². The van der Waals surface area contributed by atoms with Crippen molar-refractivity contribution in [1.29, 1.82) is 0 Å². The van der Waals surface area contributed by atoms with Crippen LogP contribution in [0.3, 0.4) is 0 Å². The molecular formula is C15H30N2O2. The molecule has 0 spiro atoms. The highest BCUT2D eigenvalue weighted by Gasteiger charge is 2.40. The van der Waals surface area contributed by atoms with Gasteiger partial charge in [0.25, 0.3) is 0 Å². The van der Waals surface area contributed by atoms with Crippen LogP contribution < -0.4 is 5.32 Å². The first-order chi connectivity index (χ1) is 9.07. The van der Waals surface area contributed by atoms with Crippen molar-refractivity contribution in [1.82, 2.24) is 10.2 Å². The van der Waals surface area contributed by atoms with Gasteiger partial charge in [-0.25, -0.2) is 0 Å². The van der Waals surface area contributed by atoms with E-state index in [1.54, 1.807) is 0 Å². The fraction of sp³-hybridized carbons (Fsp3) is 0.933. The number of hydrogen-bond acceptors (Lipinski definition) is 3. The summed E-state index contributed by atoms with van der Waals surface area (Å²) in [5.74, 6) is -0.680. The predicted octanol–water partition coefficient (Wildman–Crippen LogP) is 2.48. The van der Waals surface area contributed by atoms with Crippen molar-refractivity contribution in [2.45, 2.75) is 70.9 Å². The molecule has 0 aliphatic heterocycles. The Balaban J connectivity index is 2.45. The third-order valence-corrected chi connectivity index (χ3v) is 4.14. The molecule has 1 rings (SSSR count). The Kier molecular flexibility index (Phi) is 6.80. The molecule has 1 fully saturated rings. The summed E-state index contributed by atoms with van der Waals surface area (Å²) in [6.07, 6.45) is 5.77. The Hall–Kier alpha value is -0.610. The van der Waals surface area contributed by atoms with Gasteiger partial charge < -0.3 is 10.0 Å². The molecule has 1 atom stereocenters. The summed E-state index contributed by atoms with van der Waals surface area (Å²) in [5, 5.41) is 12.9. The topological polar surface area (TPSA) is 52.6 Å². The molecule has 0 amide bonds. The summed E-state index contributed by atoms with van der Waals surface area (Å²) < 4.78 is 0. The fourth-order valence-electron chi connectivity index (χ4n) is 2.64. The van der Waals surface area contributed by atoms with E-state index in [1.807, 2.05) is 6.92 Å². The normalized spacial score (nSPS) is 18.5. The SMILES string of the molecule is CCCN(CC)CCCC(CC)(NC1CC1)C(=O)O. The molecule has 0 bridgehead atoms. The van der Waals surface area contributed by atoms with Crippen LogP contribution in [0.15, 0.2) is 0 Å². The van der Waals surface area contributed by atoms with Crippen LogP contribution >= 0.6 is 0 Å². The lowest BCUT2D eigenvalue weighted by Crippen LogP contribution is -2.53. The number of carboxylic acids is 1. The number of rotatable bonds is 11. The fourth-order valence-corrected chi connectivity index (χ4v) is 2.64. The van der Waals surface area contributed by atoms with Crippen LogP contribution in [0.4, 0.5) is 0 Å². The van der Waals surface area contributed by atoms with Crippen molar-refractivity contribution in [3.63, 3.8) is 0 Å². The van der Waals surface area contributed by atoms with E-state index in [9.17, 15) is 9.90 Å². The molecule has 4 heteroatoms. The van der Waals surface area contributed by atoms with Gasteiger partial charge in [0.05, 0.1) is 0 Å². The molecule has 0 radical (unpaired) electrons. The molecule has 1 unspecified atom stereocenters. The van der Waals surface area contributed by atoms with Gasteiger partial charge in [0.15, 0.2) is 0 Å². The molecule has 0 aromatic heterocycles. The highest BCUT2D eigenvalue weighted by atomic mass is 16.4. The van der Waals surface area contributed by atoms with Gasteiger partial charge >= 0.3 is 5.97 Å². The van der Waals surface area contributed by atoms with E-state index in [0.29, 0.717) is 12.5 Å². The monoisotopic (exact) mass is 270 g/mol. The van der Waals surface area contributed by atoms with Crippen LogP contribution in [0.5, 0.6) is 0 Å². The Labute approximate surface area is 117 Å². The van der Waals surface area contributed by atoms with Crippen LogP contribution in [0, 0.1) is 0 Å². The van der Waals surface area contributed by atoms with Gasteiger partial charge in [0.2, 0.25) is 0 Å². The molecule has 4 nitrogen and oxygen atoms in total. The van der Waals surface area contributed by atoms with Gasteiger partial charge in [0.1, 0.15) is 5.54 Å². The lowest BCUT2D eigenvalue weighted by Gasteiger charge is -2.31. The van der Waals surface area contributed by atoms with Crippen molar-refractivity contribution in [2.24, 2.45) is 0 Å². The van der Waals surface area contributed by atoms with E-state index in [1.165, 1.54) is 0 Å². The molecule has 0 aromatic rings. The Morgan fingerprint density at radius 1 is 1.32 bits per heavy atom. The van der Waals surface area contributed by atoms with E-state index in [2.05, 4.69) is 24.1 Å². The summed E-state index contributed by atoms with van der Waals surface area (Å²) in [7, 11) is 0. The predicted molar refractivity (Wildman–Crippen MR) is 78.5 cm³/mol. The zero-order valence-electron chi connectivity index (χ0n) is 12.7. The molecule has 19 heavy (non-hydrogen) atoms. The Morgan fingerprint density at radius 3 is 2.42 bits per heavy atom. The average Bonchev–Trinajstić information content (AvgIpc) is 3.19. The number of hydrogen-bond donors (Lipinski definition) is 2. The smallest absolute Gasteiger partial charge is 0.323 e. The highest BCUT2D eigenvalue weighted by molar-refractivity contribution is 5.78. The van der Waals surface area contributed by atoms with Crippen molar-refractivity contribution < 1.29 is 9.90 Å². The first-order valence-electron chi connectivity index (χ1n) is 7.81. The Morgan fingerprint density at radius 2 is 2.00 bits per heavy atom. The second-order valence-corrected chi connectivity index (χ2v) is 5.70. The number of nitrogens with zero attached hydrogens (tertiary/aromatic N) is 1. The standard InChI is InChI=1S/C15H30N2O2/c1-4-11-17(6-3)12-7-10-15(5-2,14(18)19)16-13-8-9-13/h13,16H,4-12H2,1-3H3,(H,18,19). The largest absolute Gasteiger partial charge is 0.480 e. The zero-order chi connectivity index (χ0) is 14.3. The van der Waals surface area contributed by atoms with Crippen LogP contribution in [0.1, 0.15) is 59.3 Å². The van der Waals surface area contributed by atoms with Gasteiger partial charge in [-0.15, -0.1) is 0 Å². The minimum Gasteiger partial charge on any atom is -0.480 e. The quantitative estimate of drug-likeness (QED) is 0.605. The van der Waals surface area contributed by atoms with Crippen molar-refractivity contribution in [3.8, 4) is 0 Å². The third kappa shape index (κ3) is 5.11. The second kappa shape index (κ2) is 7.85. The van der Waals surface area contributed by atoms with Crippen LogP contribution in [0.2, 0.25) is 0 Å². The molecule has 1 aliphatic rings. The average molecular weight is 270 g/mol. The number of carbonyl (C=O) groups is 1. The van der Waals surface area contributed by atoms with Crippen LogP contribution in [-0.4, -0.2) is 47.2 Å². The maximum Gasteiger partial charge on any atom is 0.323 e. The van der Waals surface area contributed by atoms with Crippen molar-refractivity contribution in [2.75, 3.05) is 19.6 Å².